The molecule has 2 heterocycles. The first-order chi connectivity index (χ1) is 12.8. The monoisotopic (exact) mass is 530 g/mol. The van der Waals surface area contributed by atoms with Crippen molar-refractivity contribution in [3.63, 3.8) is 0 Å². The highest BCUT2D eigenvalue weighted by Crippen LogP contribution is 2.54. The molecule has 2 bridgehead atoms. The van der Waals surface area contributed by atoms with E-state index in [-0.39, 0.29) is 5.04 Å². The SMILES string of the molecule is CC1C(O[Si](C)(C)C(C)(C)C)C(C)C2OC1C(I)C2[Si](C)(C)c1ccccc1. The van der Waals surface area contributed by atoms with Crippen LogP contribution in [0.15, 0.2) is 30.3 Å². The molecule has 0 aromatic heterocycles. The quantitative estimate of drug-likeness (QED) is 0.262. The molecule has 3 rings (SSSR count). The van der Waals surface area contributed by atoms with Gasteiger partial charge in [0.1, 0.15) is 0 Å². The van der Waals surface area contributed by atoms with Crippen LogP contribution in [-0.4, -0.2) is 38.6 Å². The zero-order chi connectivity index (χ0) is 21.1. The van der Waals surface area contributed by atoms with Gasteiger partial charge in [0, 0.05) is 15.8 Å². The number of benzene rings is 1. The predicted molar refractivity (Wildman–Crippen MR) is 134 cm³/mol. The lowest BCUT2D eigenvalue weighted by Crippen LogP contribution is -2.55. The lowest BCUT2D eigenvalue weighted by atomic mass is 9.87. The van der Waals surface area contributed by atoms with Crippen molar-refractivity contribution < 1.29 is 9.16 Å². The van der Waals surface area contributed by atoms with Gasteiger partial charge in [-0.15, -0.1) is 0 Å². The summed E-state index contributed by atoms with van der Waals surface area (Å²) in [5.41, 5.74) is 0.631. The molecule has 0 aliphatic carbocycles. The molecule has 2 aliphatic rings. The fraction of sp³-hybridized carbons (Fsp3) is 0.739. The Bertz CT molecular complexity index is 686. The van der Waals surface area contributed by atoms with Crippen LogP contribution in [0.2, 0.25) is 36.8 Å². The number of hydrogen-bond donors (Lipinski definition) is 0. The molecular weight excluding hydrogens is 491 g/mol. The Labute approximate surface area is 188 Å². The van der Waals surface area contributed by atoms with Crippen molar-refractivity contribution in [2.24, 2.45) is 11.8 Å². The van der Waals surface area contributed by atoms with Gasteiger partial charge in [-0.25, -0.2) is 0 Å². The summed E-state index contributed by atoms with van der Waals surface area (Å²) in [6.07, 6.45) is 0.948. The van der Waals surface area contributed by atoms with Gasteiger partial charge >= 0.3 is 0 Å². The lowest BCUT2D eigenvalue weighted by Gasteiger charge is -2.47. The van der Waals surface area contributed by atoms with Gasteiger partial charge in [-0.2, -0.15) is 0 Å². The second-order valence-corrected chi connectivity index (χ2v) is 22.1. The molecule has 0 radical (unpaired) electrons. The maximum atomic E-state index is 7.03. The fourth-order valence-corrected chi connectivity index (χ4v) is 14.1. The molecule has 1 aromatic rings. The van der Waals surface area contributed by atoms with Crippen LogP contribution >= 0.6 is 22.6 Å². The van der Waals surface area contributed by atoms with Crippen molar-refractivity contribution in [2.45, 2.75) is 93.6 Å². The minimum absolute atomic E-state index is 0.241. The van der Waals surface area contributed by atoms with E-state index in [0.717, 1.165) is 0 Å². The average Bonchev–Trinajstić information content (AvgIpc) is 2.92. The van der Waals surface area contributed by atoms with Crippen LogP contribution < -0.4 is 5.19 Å². The van der Waals surface area contributed by atoms with E-state index < -0.39 is 16.4 Å². The zero-order valence-corrected chi connectivity index (χ0v) is 23.3. The first-order valence-corrected chi connectivity index (χ1v) is 18.0. The Morgan fingerprint density at radius 2 is 1.46 bits per heavy atom. The van der Waals surface area contributed by atoms with Gasteiger partial charge in [0.15, 0.2) is 8.32 Å². The Balaban J connectivity index is 1.92. The minimum atomic E-state index is -1.81. The third-order valence-corrected chi connectivity index (χ3v) is 18.8. The molecule has 2 saturated heterocycles. The molecule has 0 N–H and O–H groups in total. The highest BCUT2D eigenvalue weighted by Gasteiger charge is 2.60. The molecule has 2 aliphatic heterocycles. The van der Waals surface area contributed by atoms with Crippen molar-refractivity contribution in [1.29, 1.82) is 0 Å². The van der Waals surface area contributed by atoms with Gasteiger partial charge in [-0.1, -0.05) is 106 Å². The Morgan fingerprint density at radius 1 is 0.929 bits per heavy atom. The highest BCUT2D eigenvalue weighted by atomic mass is 127. The zero-order valence-electron chi connectivity index (χ0n) is 19.1. The summed E-state index contributed by atoms with van der Waals surface area (Å²) in [4.78, 5) is 0. The molecule has 7 unspecified atom stereocenters. The van der Waals surface area contributed by atoms with E-state index in [1.165, 1.54) is 0 Å². The van der Waals surface area contributed by atoms with E-state index in [4.69, 9.17) is 9.16 Å². The van der Waals surface area contributed by atoms with Gasteiger partial charge in [-0.3, -0.25) is 0 Å². The number of halogens is 1. The topological polar surface area (TPSA) is 18.5 Å². The van der Waals surface area contributed by atoms with Crippen LogP contribution in [0.5, 0.6) is 0 Å². The molecule has 7 atom stereocenters. The van der Waals surface area contributed by atoms with E-state index in [2.05, 4.69) is 114 Å². The molecule has 5 heteroatoms. The van der Waals surface area contributed by atoms with Gasteiger partial charge < -0.3 is 9.16 Å². The van der Waals surface area contributed by atoms with Crippen LogP contribution in [-0.2, 0) is 9.16 Å². The third kappa shape index (κ3) is 3.83. The first-order valence-electron chi connectivity index (χ1n) is 10.8. The number of hydrogen-bond acceptors (Lipinski definition) is 2. The van der Waals surface area contributed by atoms with Crippen LogP contribution in [0.4, 0.5) is 0 Å². The molecule has 2 fully saturated rings. The summed E-state index contributed by atoms with van der Waals surface area (Å²) in [5, 5.41) is 1.80. The molecule has 0 saturated carbocycles. The molecule has 0 amide bonds. The summed E-state index contributed by atoms with van der Waals surface area (Å²) in [5.74, 6) is 0.897. The molecule has 1 aromatic carbocycles. The Kier molecular flexibility index (Phi) is 6.38. The van der Waals surface area contributed by atoms with Crippen LogP contribution in [0.25, 0.3) is 0 Å². The van der Waals surface area contributed by atoms with E-state index in [0.29, 0.717) is 39.6 Å². The van der Waals surface area contributed by atoms with E-state index >= 15 is 0 Å². The van der Waals surface area contributed by atoms with Crippen molar-refractivity contribution in [3.8, 4) is 0 Å². The van der Waals surface area contributed by atoms with E-state index in [9.17, 15) is 0 Å². The van der Waals surface area contributed by atoms with Crippen LogP contribution in [0.3, 0.4) is 0 Å². The highest BCUT2D eigenvalue weighted by molar-refractivity contribution is 14.1. The summed E-state index contributed by atoms with van der Waals surface area (Å²) in [6.45, 7) is 21.7. The molecule has 28 heavy (non-hydrogen) atoms. The second-order valence-electron chi connectivity index (χ2n) is 11.2. The van der Waals surface area contributed by atoms with Crippen molar-refractivity contribution >= 4 is 44.2 Å². The van der Waals surface area contributed by atoms with Crippen LogP contribution in [0, 0.1) is 11.8 Å². The standard InChI is InChI=1S/C23H39IO2Si2/c1-15-19(26-28(8,9)23(3,4)5)16(2)21-22(18(24)20(15)25-21)27(6,7)17-13-11-10-12-14-17/h10-16,18-22H,1-9H3. The van der Waals surface area contributed by atoms with Crippen molar-refractivity contribution in [3.05, 3.63) is 30.3 Å². The van der Waals surface area contributed by atoms with Gasteiger partial charge in [-0.05, 0) is 23.7 Å². The maximum Gasteiger partial charge on any atom is 0.192 e. The summed E-state index contributed by atoms with van der Waals surface area (Å²) in [6, 6.07) is 11.2. The largest absolute Gasteiger partial charge is 0.413 e. The molecule has 2 nitrogen and oxygen atoms in total. The summed E-state index contributed by atoms with van der Waals surface area (Å²) >= 11 is 2.72. The normalized spacial score (nSPS) is 36.6. The van der Waals surface area contributed by atoms with Gasteiger partial charge in [0.25, 0.3) is 0 Å². The summed E-state index contributed by atoms with van der Waals surface area (Å²) < 4.78 is 14.3. The first kappa shape index (κ1) is 23.0. The van der Waals surface area contributed by atoms with Gasteiger partial charge in [0.2, 0.25) is 0 Å². The van der Waals surface area contributed by atoms with E-state index in [1.54, 1.807) is 5.19 Å². The number of alkyl halides is 1. The maximum absolute atomic E-state index is 7.03. The van der Waals surface area contributed by atoms with Gasteiger partial charge in [0.05, 0.1) is 26.4 Å². The molecule has 0 spiro atoms. The molecule has 158 valence electrons. The van der Waals surface area contributed by atoms with E-state index in [1.807, 2.05) is 0 Å². The molecular formula is C23H39IO2Si2. The summed E-state index contributed by atoms with van der Waals surface area (Å²) in [7, 11) is -3.48. The smallest absolute Gasteiger partial charge is 0.192 e. The minimum Gasteiger partial charge on any atom is -0.413 e. The predicted octanol–water partition coefficient (Wildman–Crippen LogP) is 6.22. The fourth-order valence-electron chi connectivity index (χ4n) is 5.04. The lowest BCUT2D eigenvalue weighted by molar-refractivity contribution is -0.119. The Morgan fingerprint density at radius 3 is 2.00 bits per heavy atom. The van der Waals surface area contributed by atoms with Crippen molar-refractivity contribution in [1.82, 2.24) is 0 Å². The number of rotatable bonds is 4. The average molecular weight is 531 g/mol. The number of ether oxygens (including phenoxy) is 1. The third-order valence-electron chi connectivity index (χ3n) is 7.99. The van der Waals surface area contributed by atoms with Crippen LogP contribution in [0.1, 0.15) is 34.6 Å². The number of fused-ring (bicyclic) bond motifs is 2. The second kappa shape index (κ2) is 7.77. The van der Waals surface area contributed by atoms with Crippen molar-refractivity contribution in [2.75, 3.05) is 0 Å². The Hall–Kier alpha value is 0.304.